The van der Waals surface area contributed by atoms with Gasteiger partial charge in [0.15, 0.2) is 0 Å². The summed E-state index contributed by atoms with van der Waals surface area (Å²) in [5, 5.41) is 5.97. The Hall–Kier alpha value is -4.48. The van der Waals surface area contributed by atoms with E-state index in [9.17, 15) is 27.6 Å². The molecule has 4 amide bonds. The number of carbonyl (C=O) groups excluding carboxylic acids is 4. The van der Waals surface area contributed by atoms with E-state index < -0.39 is 74.1 Å². The van der Waals surface area contributed by atoms with Crippen LogP contribution in [-0.2, 0) is 40.3 Å². The summed E-state index contributed by atoms with van der Waals surface area (Å²) in [5.74, 6) is -1.24. The Labute approximate surface area is 370 Å². The number of aromatic nitrogens is 1. The van der Waals surface area contributed by atoms with E-state index in [0.29, 0.717) is 56.2 Å². The van der Waals surface area contributed by atoms with Crippen LogP contribution >= 0.6 is 0 Å². The number of benzene rings is 1. The van der Waals surface area contributed by atoms with Gasteiger partial charge in [-0.2, -0.15) is 0 Å². The average molecular weight is 893 g/mol. The van der Waals surface area contributed by atoms with Gasteiger partial charge in [-0.25, -0.2) is 18.2 Å². The third kappa shape index (κ3) is 10.1. The molecule has 3 aliphatic carbocycles. The first kappa shape index (κ1) is 45.1. The molecule has 5 fully saturated rings. The SMILES string of the molecule is C=C[C@@H]1C[C@]1(NC(=O)[C@@H]1C[C@@H]2CN1C(=O)[C@H](C(C)(C)C)NC(=O)O[C@@H]1CCC[C@H]1CCCCCc1c(nc3ccccc3c1OCCN1CCOCC1)O2)C(=O)NS(=O)(=O)C1CC1. The van der Waals surface area contributed by atoms with Gasteiger partial charge in [-0.05, 0) is 81.3 Å². The molecule has 6 aliphatic rings. The van der Waals surface area contributed by atoms with Crippen LogP contribution < -0.4 is 24.8 Å². The minimum Gasteiger partial charge on any atom is -0.491 e. The van der Waals surface area contributed by atoms with E-state index in [1.807, 2.05) is 45.0 Å². The van der Waals surface area contributed by atoms with Crippen molar-refractivity contribution in [3.8, 4) is 11.6 Å². The van der Waals surface area contributed by atoms with Crippen molar-refractivity contribution in [3.05, 3.63) is 42.5 Å². The first-order valence-electron chi connectivity index (χ1n) is 23.0. The van der Waals surface area contributed by atoms with Gasteiger partial charge in [0.05, 0.1) is 36.1 Å². The molecule has 344 valence electrons. The predicted molar refractivity (Wildman–Crippen MR) is 234 cm³/mol. The number of carbonyl (C=O) groups is 4. The summed E-state index contributed by atoms with van der Waals surface area (Å²) in [6.45, 7) is 13.5. The molecule has 4 heterocycles. The van der Waals surface area contributed by atoms with Crippen LogP contribution in [-0.4, -0.2) is 128 Å². The van der Waals surface area contributed by atoms with Crippen LogP contribution in [0.3, 0.4) is 0 Å². The first-order chi connectivity index (χ1) is 30.2. The van der Waals surface area contributed by atoms with E-state index in [1.165, 1.54) is 11.0 Å². The summed E-state index contributed by atoms with van der Waals surface area (Å²) >= 11 is 0. The minimum atomic E-state index is -3.92. The number of hydrogen-bond acceptors (Lipinski definition) is 12. The Kier molecular flexibility index (Phi) is 13.3. The van der Waals surface area contributed by atoms with Gasteiger partial charge in [0, 0.05) is 37.4 Å². The highest BCUT2D eigenvalue weighted by molar-refractivity contribution is 7.91. The molecule has 0 unspecified atom stereocenters. The zero-order valence-electron chi connectivity index (χ0n) is 36.9. The van der Waals surface area contributed by atoms with E-state index in [2.05, 4.69) is 26.8 Å². The summed E-state index contributed by atoms with van der Waals surface area (Å²) in [4.78, 5) is 65.8. The van der Waals surface area contributed by atoms with E-state index in [-0.39, 0.29) is 31.4 Å². The molecule has 3 saturated carbocycles. The molecular formula is C46H64N6O10S. The lowest BCUT2D eigenvalue weighted by Crippen LogP contribution is -2.60. The lowest BCUT2D eigenvalue weighted by atomic mass is 9.85. The molecule has 0 radical (unpaired) electrons. The van der Waals surface area contributed by atoms with Crippen LogP contribution in [0.4, 0.5) is 4.79 Å². The molecule has 63 heavy (non-hydrogen) atoms. The van der Waals surface area contributed by atoms with Crippen molar-refractivity contribution < 1.29 is 46.5 Å². The van der Waals surface area contributed by atoms with Crippen LogP contribution in [0.5, 0.6) is 11.6 Å². The molecule has 3 aliphatic heterocycles. The number of para-hydroxylation sites is 1. The number of amides is 4. The second kappa shape index (κ2) is 18.6. The Morgan fingerprint density at radius 3 is 2.52 bits per heavy atom. The first-order valence-corrected chi connectivity index (χ1v) is 24.5. The van der Waals surface area contributed by atoms with Gasteiger partial charge in [-0.3, -0.25) is 24.0 Å². The Bertz CT molecular complexity index is 2170. The maximum Gasteiger partial charge on any atom is 0.408 e. The van der Waals surface area contributed by atoms with Gasteiger partial charge in [-0.15, -0.1) is 6.58 Å². The highest BCUT2D eigenvalue weighted by Gasteiger charge is 2.62. The summed E-state index contributed by atoms with van der Waals surface area (Å²) in [5.41, 5.74) is -0.871. The lowest BCUT2D eigenvalue weighted by molar-refractivity contribution is -0.143. The lowest BCUT2D eigenvalue weighted by Gasteiger charge is -2.35. The number of morpholine rings is 1. The standard InChI is InChI=1S/C46H64N6O10S/c1-5-30-27-46(30,43(55)50-63(57,58)32-18-19-32)49-40(53)36-26-31-28-52(36)42(54)39(45(2,3)4)48-44(56)62-37-17-11-13-29(37)12-7-6-8-15-34-38(60-25-22-51-20-23-59-24-21-51)33-14-9-10-16-35(33)47-41(34)61-31/h5,9-10,14,16,29-32,36-37,39H,1,6-8,11-13,15,17-28H2,2-4H3,(H,48,56)(H,49,53)(H,50,55)/t29-,30-,31-,36+,37-,39-,46-/m1/s1. The van der Waals surface area contributed by atoms with E-state index in [0.717, 1.165) is 75.5 Å². The highest BCUT2D eigenvalue weighted by Crippen LogP contribution is 2.46. The fourth-order valence-corrected chi connectivity index (χ4v) is 11.2. The van der Waals surface area contributed by atoms with Gasteiger partial charge in [-0.1, -0.05) is 51.8 Å². The number of alkyl carbamates (subject to hydrolysis) is 1. The zero-order chi connectivity index (χ0) is 44.5. The van der Waals surface area contributed by atoms with Crippen molar-refractivity contribution in [1.29, 1.82) is 0 Å². The number of nitrogens with one attached hydrogen (secondary N) is 3. The van der Waals surface area contributed by atoms with Crippen molar-refractivity contribution in [2.45, 2.75) is 133 Å². The molecule has 8 rings (SSSR count). The topological polar surface area (TPSA) is 195 Å². The zero-order valence-corrected chi connectivity index (χ0v) is 37.7. The minimum absolute atomic E-state index is 0.0284. The normalized spacial score (nSPS) is 29.8. The Morgan fingerprint density at radius 2 is 1.79 bits per heavy atom. The van der Waals surface area contributed by atoms with Crippen molar-refractivity contribution >= 4 is 44.7 Å². The maximum atomic E-state index is 15.0. The number of sulfonamides is 1. The van der Waals surface area contributed by atoms with Gasteiger partial charge in [0.25, 0.3) is 5.91 Å². The Morgan fingerprint density at radius 1 is 1.03 bits per heavy atom. The smallest absolute Gasteiger partial charge is 0.408 e. The molecule has 7 atom stereocenters. The molecule has 0 spiro atoms. The van der Waals surface area contributed by atoms with Crippen LogP contribution in [0.25, 0.3) is 10.9 Å². The fourth-order valence-electron chi connectivity index (χ4n) is 9.81. The fraction of sp³-hybridized carbons (Fsp3) is 0.674. The summed E-state index contributed by atoms with van der Waals surface area (Å²) in [7, 11) is -3.92. The van der Waals surface area contributed by atoms with Crippen LogP contribution in [0.1, 0.15) is 97.0 Å². The molecule has 17 heteroatoms. The molecule has 1 aromatic heterocycles. The number of nitrogens with zero attached hydrogens (tertiary/aromatic N) is 3. The Balaban J connectivity index is 1.14. The second-order valence-electron chi connectivity index (χ2n) is 19.4. The van der Waals surface area contributed by atoms with Crippen molar-refractivity contribution in [3.63, 3.8) is 0 Å². The monoisotopic (exact) mass is 892 g/mol. The van der Waals surface area contributed by atoms with E-state index in [4.69, 9.17) is 23.9 Å². The number of ether oxygens (including phenoxy) is 4. The van der Waals surface area contributed by atoms with Crippen LogP contribution in [0, 0.1) is 17.3 Å². The van der Waals surface area contributed by atoms with E-state index >= 15 is 0 Å². The van der Waals surface area contributed by atoms with Gasteiger partial charge in [0.2, 0.25) is 27.7 Å². The predicted octanol–water partition coefficient (Wildman–Crippen LogP) is 4.39. The van der Waals surface area contributed by atoms with Gasteiger partial charge in [0.1, 0.15) is 42.2 Å². The summed E-state index contributed by atoms with van der Waals surface area (Å²) < 4.78 is 53.2. The van der Waals surface area contributed by atoms with Crippen LogP contribution in [0.15, 0.2) is 36.9 Å². The van der Waals surface area contributed by atoms with Crippen LogP contribution in [0.2, 0.25) is 0 Å². The quantitative estimate of drug-likeness (QED) is 0.286. The maximum absolute atomic E-state index is 15.0. The summed E-state index contributed by atoms with van der Waals surface area (Å²) in [6, 6.07) is 5.54. The third-order valence-electron chi connectivity index (χ3n) is 13.8. The third-order valence-corrected chi connectivity index (χ3v) is 15.6. The molecule has 1 aromatic carbocycles. The molecule has 2 aromatic rings. The number of pyridine rings is 1. The second-order valence-corrected chi connectivity index (χ2v) is 21.3. The molecule has 16 nitrogen and oxygen atoms in total. The highest BCUT2D eigenvalue weighted by atomic mass is 32.2. The van der Waals surface area contributed by atoms with Gasteiger partial charge >= 0.3 is 6.09 Å². The van der Waals surface area contributed by atoms with Gasteiger partial charge < -0.3 is 34.5 Å². The van der Waals surface area contributed by atoms with Crippen molar-refractivity contribution in [2.75, 3.05) is 46.0 Å². The number of fused-ring (bicyclic) bond motifs is 5. The van der Waals surface area contributed by atoms with E-state index in [1.54, 1.807) is 0 Å². The van der Waals surface area contributed by atoms with Crippen molar-refractivity contribution in [2.24, 2.45) is 17.3 Å². The molecule has 2 bridgehead atoms. The molecule has 2 saturated heterocycles. The van der Waals surface area contributed by atoms with Crippen molar-refractivity contribution in [1.82, 2.24) is 30.1 Å². The number of rotatable bonds is 10. The number of hydrogen-bond donors (Lipinski definition) is 3. The molecular weight excluding hydrogens is 829 g/mol. The summed E-state index contributed by atoms with van der Waals surface area (Å²) in [6.07, 6.45) is 7.81. The molecule has 3 N–H and O–H groups in total. The average Bonchev–Trinajstić information content (AvgIpc) is 4.15. The largest absolute Gasteiger partial charge is 0.491 e.